The minimum Gasteiger partial charge on any atom is -1.00 e. The van der Waals surface area contributed by atoms with Gasteiger partial charge in [0.05, 0.1) is 24.2 Å². The van der Waals surface area contributed by atoms with E-state index in [1.54, 1.807) is 0 Å². The third-order valence-corrected chi connectivity index (χ3v) is 3.80. The van der Waals surface area contributed by atoms with Crippen LogP contribution in [-0.4, -0.2) is 20.8 Å². The van der Waals surface area contributed by atoms with Gasteiger partial charge in [0.2, 0.25) is 5.62 Å². The second kappa shape index (κ2) is 7.01. The standard InChI is InChI=1S/C16H16ClN3O.ClH/c17-13-7-5-12(6-8-13)11-20-15-4-2-1-3-14(15)19(9-10-21)16(20)18;/h1-8,18,21H,9-11H2;1H/p-1. The zero-order chi connectivity index (χ0) is 14.8. The molecular weight excluding hydrogens is 321 g/mol. The average Bonchev–Trinajstić information content (AvgIpc) is 2.76. The smallest absolute Gasteiger partial charge is 0.203 e. The Morgan fingerprint density at radius 1 is 0.955 bits per heavy atom. The summed E-state index contributed by atoms with van der Waals surface area (Å²) in [5.41, 5.74) is 3.43. The molecule has 0 spiro atoms. The lowest BCUT2D eigenvalue weighted by atomic mass is 10.2. The highest BCUT2D eigenvalue weighted by Crippen LogP contribution is 2.15. The van der Waals surface area contributed by atoms with Crippen molar-refractivity contribution in [3.63, 3.8) is 0 Å². The lowest BCUT2D eigenvalue weighted by Gasteiger charge is -2.05. The number of benzene rings is 2. The predicted molar refractivity (Wildman–Crippen MR) is 83.4 cm³/mol. The molecule has 2 N–H and O–H groups in total. The quantitative estimate of drug-likeness (QED) is 0.670. The van der Waals surface area contributed by atoms with Gasteiger partial charge in [-0.05, 0) is 29.8 Å². The topological polar surface area (TPSA) is 53.9 Å². The monoisotopic (exact) mass is 336 g/mol. The maximum atomic E-state index is 9.21. The van der Waals surface area contributed by atoms with Crippen molar-refractivity contribution in [2.24, 2.45) is 0 Å². The summed E-state index contributed by atoms with van der Waals surface area (Å²) in [4.78, 5) is 0. The van der Waals surface area contributed by atoms with E-state index in [0.29, 0.717) is 23.7 Å². The third-order valence-electron chi connectivity index (χ3n) is 3.55. The summed E-state index contributed by atoms with van der Waals surface area (Å²) in [5, 5.41) is 18.3. The molecule has 0 radical (unpaired) electrons. The number of halogens is 2. The lowest BCUT2D eigenvalue weighted by molar-refractivity contribution is -0.00000546. The Labute approximate surface area is 139 Å². The van der Waals surface area contributed by atoms with Crippen molar-refractivity contribution >= 4 is 22.6 Å². The summed E-state index contributed by atoms with van der Waals surface area (Å²) >= 11 is 5.91. The molecule has 0 saturated carbocycles. The number of para-hydroxylation sites is 2. The van der Waals surface area contributed by atoms with Crippen molar-refractivity contribution in [3.05, 3.63) is 64.7 Å². The summed E-state index contributed by atoms with van der Waals surface area (Å²) in [6.07, 6.45) is 0. The molecule has 3 rings (SSSR count). The fourth-order valence-corrected chi connectivity index (χ4v) is 2.68. The molecule has 0 atom stereocenters. The van der Waals surface area contributed by atoms with Gasteiger partial charge in [0.15, 0.2) is 0 Å². The van der Waals surface area contributed by atoms with Crippen molar-refractivity contribution in [1.82, 2.24) is 9.13 Å². The van der Waals surface area contributed by atoms with Crippen LogP contribution in [0.5, 0.6) is 0 Å². The SMILES string of the molecule is N=c1n(CCO)c2ccccc2n1Cc1ccc(Cl)cc1.[Cl-]. The van der Waals surface area contributed by atoms with Gasteiger partial charge >= 0.3 is 0 Å². The molecule has 1 heterocycles. The fourth-order valence-electron chi connectivity index (χ4n) is 2.55. The van der Waals surface area contributed by atoms with E-state index in [9.17, 15) is 5.11 Å². The molecule has 0 amide bonds. The molecule has 3 aromatic rings. The summed E-state index contributed by atoms with van der Waals surface area (Å²) in [6, 6.07) is 15.5. The van der Waals surface area contributed by atoms with Crippen LogP contribution >= 0.6 is 11.6 Å². The van der Waals surface area contributed by atoms with Crippen LogP contribution in [0.3, 0.4) is 0 Å². The van der Waals surface area contributed by atoms with Crippen molar-refractivity contribution in [2.45, 2.75) is 13.1 Å². The Morgan fingerprint density at radius 3 is 2.14 bits per heavy atom. The second-order valence-corrected chi connectivity index (χ2v) is 5.34. The summed E-state index contributed by atoms with van der Waals surface area (Å²) in [5.74, 6) is 0. The lowest BCUT2D eigenvalue weighted by Crippen LogP contribution is -3.00. The average molecular weight is 337 g/mol. The fraction of sp³-hybridized carbons (Fsp3) is 0.188. The highest BCUT2D eigenvalue weighted by Gasteiger charge is 2.10. The number of nitrogens with one attached hydrogen (secondary N) is 1. The highest BCUT2D eigenvalue weighted by molar-refractivity contribution is 6.30. The minimum absolute atomic E-state index is 0. The zero-order valence-corrected chi connectivity index (χ0v) is 13.3. The number of nitrogens with zero attached hydrogens (tertiary/aromatic N) is 2. The Morgan fingerprint density at radius 2 is 1.55 bits per heavy atom. The first-order valence-electron chi connectivity index (χ1n) is 6.78. The number of aliphatic hydroxyl groups excluding tert-OH is 1. The van der Waals surface area contributed by atoms with Crippen LogP contribution in [0, 0.1) is 5.41 Å². The van der Waals surface area contributed by atoms with Gasteiger partial charge < -0.3 is 26.6 Å². The molecule has 0 saturated heterocycles. The van der Waals surface area contributed by atoms with Gasteiger partial charge in [-0.15, -0.1) is 0 Å². The third kappa shape index (κ3) is 3.04. The molecule has 116 valence electrons. The Bertz CT molecular complexity index is 822. The first kappa shape index (κ1) is 16.6. The van der Waals surface area contributed by atoms with Crippen molar-refractivity contribution < 1.29 is 17.5 Å². The van der Waals surface area contributed by atoms with Crippen LogP contribution in [0.25, 0.3) is 11.0 Å². The van der Waals surface area contributed by atoms with Crippen molar-refractivity contribution in [3.8, 4) is 0 Å². The Balaban J connectivity index is 0.00000176. The molecule has 0 unspecified atom stereocenters. The van der Waals surface area contributed by atoms with E-state index in [2.05, 4.69) is 0 Å². The summed E-state index contributed by atoms with van der Waals surface area (Å²) in [7, 11) is 0. The maximum Gasteiger partial charge on any atom is 0.203 e. The number of hydrogen-bond donors (Lipinski definition) is 2. The van der Waals surface area contributed by atoms with E-state index >= 15 is 0 Å². The van der Waals surface area contributed by atoms with E-state index in [-0.39, 0.29) is 19.0 Å². The molecule has 22 heavy (non-hydrogen) atoms. The number of fused-ring (bicyclic) bond motifs is 1. The van der Waals surface area contributed by atoms with E-state index in [0.717, 1.165) is 16.6 Å². The summed E-state index contributed by atoms with van der Waals surface area (Å²) < 4.78 is 3.76. The number of aromatic nitrogens is 2. The highest BCUT2D eigenvalue weighted by atomic mass is 35.5. The van der Waals surface area contributed by atoms with Gasteiger partial charge in [0, 0.05) is 11.6 Å². The molecule has 0 aliphatic heterocycles. The van der Waals surface area contributed by atoms with Crippen LogP contribution in [0.2, 0.25) is 5.02 Å². The first-order chi connectivity index (χ1) is 10.2. The summed E-state index contributed by atoms with van der Waals surface area (Å²) in [6.45, 7) is 1.05. The molecule has 0 aliphatic carbocycles. The van der Waals surface area contributed by atoms with Crippen LogP contribution in [0.15, 0.2) is 48.5 Å². The van der Waals surface area contributed by atoms with Gasteiger partial charge in [-0.1, -0.05) is 35.9 Å². The second-order valence-electron chi connectivity index (χ2n) is 4.90. The van der Waals surface area contributed by atoms with Gasteiger partial charge in [-0.2, -0.15) is 0 Å². The molecule has 1 aromatic heterocycles. The molecule has 0 bridgehead atoms. The molecule has 4 nitrogen and oxygen atoms in total. The van der Waals surface area contributed by atoms with Crippen LogP contribution in [0.4, 0.5) is 0 Å². The molecule has 0 aliphatic rings. The first-order valence-corrected chi connectivity index (χ1v) is 7.16. The normalized spacial score (nSPS) is 10.6. The maximum absolute atomic E-state index is 9.21. The number of imidazole rings is 1. The Hall–Kier alpha value is -1.75. The van der Waals surface area contributed by atoms with Gasteiger partial charge in [0.1, 0.15) is 0 Å². The van der Waals surface area contributed by atoms with Crippen LogP contribution in [0.1, 0.15) is 5.56 Å². The molecular formula is C16H16Cl2N3O-. The largest absolute Gasteiger partial charge is 1.00 e. The van der Waals surface area contributed by atoms with Crippen molar-refractivity contribution in [2.75, 3.05) is 6.61 Å². The number of rotatable bonds is 4. The van der Waals surface area contributed by atoms with E-state index in [1.165, 1.54) is 0 Å². The zero-order valence-electron chi connectivity index (χ0n) is 11.8. The number of hydrogen-bond acceptors (Lipinski definition) is 2. The van der Waals surface area contributed by atoms with Crippen LogP contribution in [-0.2, 0) is 13.1 Å². The van der Waals surface area contributed by atoms with Crippen LogP contribution < -0.4 is 18.0 Å². The minimum atomic E-state index is 0. The van der Waals surface area contributed by atoms with E-state index in [4.69, 9.17) is 17.0 Å². The molecule has 2 aromatic carbocycles. The molecule has 6 heteroatoms. The van der Waals surface area contributed by atoms with Gasteiger partial charge in [0.25, 0.3) is 0 Å². The van der Waals surface area contributed by atoms with E-state index < -0.39 is 0 Å². The number of aliphatic hydroxyl groups is 1. The van der Waals surface area contributed by atoms with Crippen molar-refractivity contribution in [1.29, 1.82) is 5.41 Å². The predicted octanol–water partition coefficient (Wildman–Crippen LogP) is -0.380. The van der Waals surface area contributed by atoms with Gasteiger partial charge in [-0.25, -0.2) is 0 Å². The molecule has 0 fully saturated rings. The van der Waals surface area contributed by atoms with Gasteiger partial charge in [-0.3, -0.25) is 5.41 Å². The Kier molecular flexibility index (Phi) is 5.29. The van der Waals surface area contributed by atoms with E-state index in [1.807, 2.05) is 57.7 Å².